The zero-order valence-electron chi connectivity index (χ0n) is 9.14. The minimum atomic E-state index is -4.30. The summed E-state index contributed by atoms with van der Waals surface area (Å²) in [7, 11) is 0. The Balaban J connectivity index is 2.78. The average molecular weight is 223 g/mol. The normalized spacial score (nSPS) is 33.3. The van der Waals surface area contributed by atoms with Crippen molar-refractivity contribution in [3.63, 3.8) is 0 Å². The lowest BCUT2D eigenvalue weighted by Gasteiger charge is -2.40. The van der Waals surface area contributed by atoms with Crippen molar-refractivity contribution in [1.29, 1.82) is 0 Å². The number of hydrogen-bond donors (Lipinski definition) is 0. The first kappa shape index (κ1) is 12.3. The topological polar surface area (TPSA) is 20.3 Å². The Morgan fingerprint density at radius 1 is 1.33 bits per heavy atom. The summed E-state index contributed by atoms with van der Waals surface area (Å²) in [6.45, 7) is 4.13. The maximum atomic E-state index is 12.2. The van der Waals surface area contributed by atoms with Crippen LogP contribution in [0.2, 0.25) is 0 Å². The first-order valence-corrected chi connectivity index (χ1v) is 5.09. The summed E-state index contributed by atoms with van der Waals surface area (Å²) in [6.07, 6.45) is -3.63. The maximum Gasteiger partial charge on any atom is 0.406 e. The molecule has 15 heavy (non-hydrogen) atoms. The van der Waals surface area contributed by atoms with Gasteiger partial charge in [-0.2, -0.15) is 13.2 Å². The van der Waals surface area contributed by atoms with Gasteiger partial charge in [0.25, 0.3) is 0 Å². The molecule has 1 aliphatic rings. The highest BCUT2D eigenvalue weighted by Gasteiger charge is 2.41. The van der Waals surface area contributed by atoms with Crippen molar-refractivity contribution in [2.45, 2.75) is 39.4 Å². The number of halogens is 3. The summed E-state index contributed by atoms with van der Waals surface area (Å²) in [5.74, 6) is -0.545. The Hall–Kier alpha value is -0.740. The fraction of sp³-hybridized carbons (Fsp3) is 0.900. The number of nitrogens with zero attached hydrogens (tertiary/aromatic N) is 1. The second kappa shape index (κ2) is 4.02. The highest BCUT2D eigenvalue weighted by molar-refractivity contribution is 5.79. The molecule has 1 aliphatic heterocycles. The first-order chi connectivity index (χ1) is 6.72. The zero-order valence-corrected chi connectivity index (χ0v) is 9.14. The van der Waals surface area contributed by atoms with Crippen molar-refractivity contribution < 1.29 is 18.0 Å². The van der Waals surface area contributed by atoms with Gasteiger partial charge in [0.05, 0.1) is 0 Å². The molecule has 1 fully saturated rings. The SMILES string of the molecule is CC1C[C@@H](C)C(C)N(CC(F)(F)F)C1=O. The number of amides is 1. The Morgan fingerprint density at radius 2 is 1.87 bits per heavy atom. The van der Waals surface area contributed by atoms with Crippen LogP contribution in [-0.2, 0) is 4.79 Å². The van der Waals surface area contributed by atoms with Crippen LogP contribution in [0.15, 0.2) is 0 Å². The lowest BCUT2D eigenvalue weighted by Crippen LogP contribution is -2.52. The Kier molecular flexibility index (Phi) is 3.31. The molecule has 0 spiro atoms. The Morgan fingerprint density at radius 3 is 2.33 bits per heavy atom. The predicted molar refractivity (Wildman–Crippen MR) is 50.2 cm³/mol. The van der Waals surface area contributed by atoms with Crippen molar-refractivity contribution in [3.05, 3.63) is 0 Å². The number of carbonyl (C=O) groups is 1. The van der Waals surface area contributed by atoms with E-state index < -0.39 is 12.7 Å². The highest BCUT2D eigenvalue weighted by Crippen LogP contribution is 2.30. The highest BCUT2D eigenvalue weighted by atomic mass is 19.4. The third-order valence-corrected chi connectivity index (χ3v) is 3.09. The third-order valence-electron chi connectivity index (χ3n) is 3.09. The summed E-state index contributed by atoms with van der Waals surface area (Å²) < 4.78 is 36.7. The number of alkyl halides is 3. The molecule has 5 heteroatoms. The Bertz CT molecular complexity index is 252. The molecule has 0 N–H and O–H groups in total. The second-order valence-corrected chi connectivity index (χ2v) is 4.44. The molecule has 0 radical (unpaired) electrons. The Labute approximate surface area is 87.4 Å². The maximum absolute atomic E-state index is 12.2. The van der Waals surface area contributed by atoms with Gasteiger partial charge >= 0.3 is 6.18 Å². The van der Waals surface area contributed by atoms with Crippen LogP contribution in [-0.4, -0.2) is 29.6 Å². The van der Waals surface area contributed by atoms with Crippen LogP contribution in [0.4, 0.5) is 13.2 Å². The van der Waals surface area contributed by atoms with E-state index in [1.54, 1.807) is 13.8 Å². The van der Waals surface area contributed by atoms with Gasteiger partial charge in [-0.25, -0.2) is 0 Å². The quantitative estimate of drug-likeness (QED) is 0.668. The molecule has 2 nitrogen and oxygen atoms in total. The number of hydrogen-bond acceptors (Lipinski definition) is 1. The average Bonchev–Trinajstić information content (AvgIpc) is 2.08. The molecule has 88 valence electrons. The fourth-order valence-electron chi connectivity index (χ4n) is 2.06. The monoisotopic (exact) mass is 223 g/mol. The van der Waals surface area contributed by atoms with Crippen molar-refractivity contribution >= 4 is 5.91 Å². The number of likely N-dealkylation sites (tertiary alicyclic amines) is 1. The molecule has 1 amide bonds. The number of carbonyl (C=O) groups excluding carboxylic acids is 1. The molecule has 0 aliphatic carbocycles. The predicted octanol–water partition coefficient (Wildman–Crippen LogP) is 2.44. The first-order valence-electron chi connectivity index (χ1n) is 5.09. The molecular weight excluding hydrogens is 207 g/mol. The van der Waals surface area contributed by atoms with Gasteiger partial charge in [0.15, 0.2) is 0 Å². The lowest BCUT2D eigenvalue weighted by atomic mass is 9.85. The largest absolute Gasteiger partial charge is 0.406 e. The molecule has 0 aromatic rings. The van der Waals surface area contributed by atoms with Crippen LogP contribution < -0.4 is 0 Å². The van der Waals surface area contributed by atoms with E-state index in [0.717, 1.165) is 4.90 Å². The molecular formula is C10H16F3NO. The molecule has 2 unspecified atom stereocenters. The smallest absolute Gasteiger partial charge is 0.330 e. The van der Waals surface area contributed by atoms with Crippen molar-refractivity contribution in [3.8, 4) is 0 Å². The third kappa shape index (κ3) is 2.86. The standard InChI is InChI=1S/C10H16F3NO/c1-6-4-7(2)9(15)14(8(6)3)5-10(11,12)13/h6-8H,4-5H2,1-3H3/t6-,7?,8?/m1/s1. The van der Waals surface area contributed by atoms with E-state index in [1.807, 2.05) is 6.92 Å². The van der Waals surface area contributed by atoms with E-state index >= 15 is 0 Å². The molecule has 0 saturated carbocycles. The van der Waals surface area contributed by atoms with Gasteiger partial charge in [-0.3, -0.25) is 4.79 Å². The summed E-state index contributed by atoms with van der Waals surface area (Å²) in [4.78, 5) is 12.5. The molecule has 0 aromatic heterocycles. The van der Waals surface area contributed by atoms with Crippen LogP contribution in [0.25, 0.3) is 0 Å². The van der Waals surface area contributed by atoms with E-state index in [4.69, 9.17) is 0 Å². The van der Waals surface area contributed by atoms with Gasteiger partial charge in [-0.05, 0) is 19.3 Å². The zero-order chi connectivity index (χ0) is 11.8. The summed E-state index contributed by atoms with van der Waals surface area (Å²) >= 11 is 0. The molecule has 0 aromatic carbocycles. The van der Waals surface area contributed by atoms with Crippen LogP contribution in [0.1, 0.15) is 27.2 Å². The van der Waals surface area contributed by atoms with E-state index in [9.17, 15) is 18.0 Å². The van der Waals surface area contributed by atoms with E-state index in [1.165, 1.54) is 0 Å². The van der Waals surface area contributed by atoms with Gasteiger partial charge < -0.3 is 4.90 Å². The van der Waals surface area contributed by atoms with Gasteiger partial charge in [-0.1, -0.05) is 13.8 Å². The van der Waals surface area contributed by atoms with Gasteiger partial charge in [-0.15, -0.1) is 0 Å². The minimum Gasteiger partial charge on any atom is -0.330 e. The van der Waals surface area contributed by atoms with E-state index in [2.05, 4.69) is 0 Å². The lowest BCUT2D eigenvalue weighted by molar-refractivity contribution is -0.174. The van der Waals surface area contributed by atoms with Crippen molar-refractivity contribution in [2.75, 3.05) is 6.54 Å². The summed E-state index contributed by atoms with van der Waals surface area (Å²) in [5.41, 5.74) is 0. The van der Waals surface area contributed by atoms with Crippen LogP contribution >= 0.6 is 0 Å². The summed E-state index contributed by atoms with van der Waals surface area (Å²) in [5, 5.41) is 0. The minimum absolute atomic E-state index is 0.125. The molecule has 1 saturated heterocycles. The van der Waals surface area contributed by atoms with Gasteiger partial charge in [0.2, 0.25) is 5.91 Å². The number of piperidine rings is 1. The van der Waals surface area contributed by atoms with Crippen LogP contribution in [0, 0.1) is 11.8 Å². The number of rotatable bonds is 1. The van der Waals surface area contributed by atoms with Gasteiger partial charge in [0, 0.05) is 12.0 Å². The van der Waals surface area contributed by atoms with Crippen molar-refractivity contribution in [1.82, 2.24) is 4.90 Å². The fourth-order valence-corrected chi connectivity index (χ4v) is 2.06. The molecule has 3 atom stereocenters. The molecule has 0 bridgehead atoms. The molecule has 1 heterocycles. The van der Waals surface area contributed by atoms with E-state index in [-0.39, 0.29) is 23.8 Å². The summed E-state index contributed by atoms with van der Waals surface area (Å²) in [6, 6.07) is -0.324. The van der Waals surface area contributed by atoms with Gasteiger partial charge in [0.1, 0.15) is 6.54 Å². The van der Waals surface area contributed by atoms with Crippen molar-refractivity contribution in [2.24, 2.45) is 11.8 Å². The van der Waals surface area contributed by atoms with Crippen LogP contribution in [0.3, 0.4) is 0 Å². The van der Waals surface area contributed by atoms with E-state index in [0.29, 0.717) is 6.42 Å². The molecule has 1 rings (SSSR count). The second-order valence-electron chi connectivity index (χ2n) is 4.44. The van der Waals surface area contributed by atoms with Crippen LogP contribution in [0.5, 0.6) is 0 Å².